The van der Waals surface area contributed by atoms with Crippen LogP contribution in [0.2, 0.25) is 0 Å². The van der Waals surface area contributed by atoms with Crippen LogP contribution < -0.4 is 0 Å². The first-order valence-corrected chi connectivity index (χ1v) is 5.56. The van der Waals surface area contributed by atoms with Crippen LogP contribution in [0, 0.1) is 0 Å². The van der Waals surface area contributed by atoms with E-state index in [4.69, 9.17) is 0 Å². The summed E-state index contributed by atoms with van der Waals surface area (Å²) in [5, 5.41) is 9.52. The number of amides is 1. The Morgan fingerprint density at radius 2 is 1.94 bits per heavy atom. The van der Waals surface area contributed by atoms with Gasteiger partial charge < -0.3 is 10.0 Å². The molecule has 3 heteroatoms. The smallest absolute Gasteiger partial charge is 0.226 e. The van der Waals surface area contributed by atoms with Gasteiger partial charge in [0.1, 0.15) is 0 Å². The molecule has 1 saturated heterocycles. The number of carbonyl (C=O) groups excluding carboxylic acids is 1. The van der Waals surface area contributed by atoms with Gasteiger partial charge in [0.2, 0.25) is 5.91 Å². The van der Waals surface area contributed by atoms with Crippen molar-refractivity contribution in [2.45, 2.75) is 31.9 Å². The topological polar surface area (TPSA) is 40.5 Å². The second kappa shape index (κ2) is 3.91. The van der Waals surface area contributed by atoms with Gasteiger partial charge in [-0.3, -0.25) is 4.79 Å². The molecule has 1 atom stereocenters. The van der Waals surface area contributed by atoms with Gasteiger partial charge in [-0.15, -0.1) is 0 Å². The van der Waals surface area contributed by atoms with Crippen LogP contribution in [0.5, 0.6) is 0 Å². The van der Waals surface area contributed by atoms with E-state index < -0.39 is 6.10 Å². The van der Waals surface area contributed by atoms with E-state index >= 15 is 0 Å². The number of hydrogen-bond acceptors (Lipinski definition) is 2. The van der Waals surface area contributed by atoms with Crippen LogP contribution in [-0.2, 0) is 10.3 Å². The number of hydrogen-bond donors (Lipinski definition) is 1. The van der Waals surface area contributed by atoms with E-state index in [0.717, 1.165) is 5.56 Å². The molecule has 1 aromatic rings. The molecular weight excluding hydrogens is 202 g/mol. The number of likely N-dealkylation sites (tertiary alicyclic amines) is 1. The zero-order chi connectivity index (χ0) is 11.8. The Kier molecular flexibility index (Phi) is 2.72. The molecular formula is C13H17NO2. The molecule has 1 heterocycles. The maximum absolute atomic E-state index is 11.8. The molecule has 1 amide bonds. The quantitative estimate of drug-likeness (QED) is 0.819. The van der Waals surface area contributed by atoms with E-state index in [2.05, 4.69) is 0 Å². The van der Waals surface area contributed by atoms with Crippen molar-refractivity contribution in [1.82, 2.24) is 4.90 Å². The standard InChI is InChI=1S/C13H17NO2/c1-13(2,10-6-4-3-5-7-10)14-9-11(15)8-12(14)16/h3-7,11,15H,8-9H2,1-2H3. The first kappa shape index (κ1) is 11.1. The normalized spacial score (nSPS) is 21.6. The number of β-amino-alcohol motifs (C(OH)–C–C–N with tert-alkyl or cyclic N) is 1. The molecule has 1 N–H and O–H groups in total. The fourth-order valence-corrected chi connectivity index (χ4v) is 2.23. The fraction of sp³-hybridized carbons (Fsp3) is 0.462. The molecule has 1 aromatic carbocycles. The summed E-state index contributed by atoms with van der Waals surface area (Å²) in [6.45, 7) is 4.46. The van der Waals surface area contributed by atoms with Crippen LogP contribution in [0.1, 0.15) is 25.8 Å². The van der Waals surface area contributed by atoms with Crippen molar-refractivity contribution >= 4 is 5.91 Å². The highest BCUT2D eigenvalue weighted by molar-refractivity contribution is 5.80. The van der Waals surface area contributed by atoms with Gasteiger partial charge in [0.05, 0.1) is 18.1 Å². The average Bonchev–Trinajstić information content (AvgIpc) is 2.60. The van der Waals surface area contributed by atoms with Crippen molar-refractivity contribution in [2.75, 3.05) is 6.54 Å². The highest BCUT2D eigenvalue weighted by Gasteiger charge is 2.38. The minimum Gasteiger partial charge on any atom is -0.391 e. The van der Waals surface area contributed by atoms with Crippen LogP contribution in [0.25, 0.3) is 0 Å². The molecule has 0 spiro atoms. The molecule has 2 rings (SSSR count). The molecule has 1 unspecified atom stereocenters. The Bertz CT molecular complexity index is 386. The third-order valence-corrected chi connectivity index (χ3v) is 3.26. The lowest BCUT2D eigenvalue weighted by atomic mass is 9.92. The zero-order valence-corrected chi connectivity index (χ0v) is 9.68. The molecule has 0 saturated carbocycles. The summed E-state index contributed by atoms with van der Waals surface area (Å²) in [6, 6.07) is 9.91. The van der Waals surface area contributed by atoms with Gasteiger partial charge in [-0.1, -0.05) is 30.3 Å². The van der Waals surface area contributed by atoms with E-state index in [-0.39, 0.29) is 17.9 Å². The third-order valence-electron chi connectivity index (χ3n) is 3.26. The fourth-order valence-electron chi connectivity index (χ4n) is 2.23. The SMILES string of the molecule is CC(C)(c1ccccc1)N1CC(O)CC1=O. The maximum Gasteiger partial charge on any atom is 0.226 e. The Balaban J connectivity index is 2.29. The summed E-state index contributed by atoms with van der Waals surface area (Å²) in [5.41, 5.74) is 0.743. The summed E-state index contributed by atoms with van der Waals surface area (Å²) in [5.74, 6) is 0.0290. The molecule has 1 aliphatic heterocycles. The molecule has 0 radical (unpaired) electrons. The van der Waals surface area contributed by atoms with Gasteiger partial charge in [0.15, 0.2) is 0 Å². The highest BCUT2D eigenvalue weighted by Crippen LogP contribution is 2.31. The van der Waals surface area contributed by atoms with E-state index in [9.17, 15) is 9.90 Å². The molecule has 0 bridgehead atoms. The van der Waals surface area contributed by atoms with E-state index in [1.54, 1.807) is 4.90 Å². The summed E-state index contributed by atoms with van der Waals surface area (Å²) >= 11 is 0. The van der Waals surface area contributed by atoms with Crippen molar-refractivity contribution in [3.05, 3.63) is 35.9 Å². The minimum atomic E-state index is -0.518. The van der Waals surface area contributed by atoms with Gasteiger partial charge in [-0.2, -0.15) is 0 Å². The van der Waals surface area contributed by atoms with Crippen molar-refractivity contribution < 1.29 is 9.90 Å². The summed E-state index contributed by atoms with van der Waals surface area (Å²) < 4.78 is 0. The molecule has 3 nitrogen and oxygen atoms in total. The number of nitrogens with zero attached hydrogens (tertiary/aromatic N) is 1. The van der Waals surface area contributed by atoms with E-state index in [0.29, 0.717) is 6.54 Å². The van der Waals surface area contributed by atoms with E-state index in [1.165, 1.54) is 0 Å². The number of aliphatic hydroxyl groups is 1. The maximum atomic E-state index is 11.8. The monoisotopic (exact) mass is 219 g/mol. The van der Waals surface area contributed by atoms with Crippen molar-refractivity contribution in [3.8, 4) is 0 Å². The van der Waals surface area contributed by atoms with Gasteiger partial charge in [0.25, 0.3) is 0 Å². The second-order valence-corrected chi connectivity index (χ2v) is 4.79. The van der Waals surface area contributed by atoms with Gasteiger partial charge in [-0.05, 0) is 19.4 Å². The largest absolute Gasteiger partial charge is 0.391 e. The van der Waals surface area contributed by atoms with Gasteiger partial charge in [-0.25, -0.2) is 0 Å². The predicted molar refractivity (Wildman–Crippen MR) is 61.8 cm³/mol. The summed E-state index contributed by atoms with van der Waals surface area (Å²) in [6.07, 6.45) is -0.272. The number of carbonyl (C=O) groups is 1. The van der Waals surface area contributed by atoms with Crippen LogP contribution >= 0.6 is 0 Å². The summed E-state index contributed by atoms with van der Waals surface area (Å²) in [7, 11) is 0. The Morgan fingerprint density at radius 1 is 1.31 bits per heavy atom. The summed E-state index contributed by atoms with van der Waals surface area (Å²) in [4.78, 5) is 13.5. The highest BCUT2D eigenvalue weighted by atomic mass is 16.3. The van der Waals surface area contributed by atoms with Crippen LogP contribution in [0.15, 0.2) is 30.3 Å². The Labute approximate surface area is 95.7 Å². The molecule has 1 fully saturated rings. The molecule has 1 aliphatic rings. The number of benzene rings is 1. The minimum absolute atomic E-state index is 0.0290. The van der Waals surface area contributed by atoms with Gasteiger partial charge >= 0.3 is 0 Å². The molecule has 16 heavy (non-hydrogen) atoms. The molecule has 0 aliphatic carbocycles. The lowest BCUT2D eigenvalue weighted by molar-refractivity contribution is -0.132. The van der Waals surface area contributed by atoms with E-state index in [1.807, 2.05) is 44.2 Å². The number of rotatable bonds is 2. The third kappa shape index (κ3) is 1.83. The molecule has 86 valence electrons. The second-order valence-electron chi connectivity index (χ2n) is 4.79. The van der Waals surface area contributed by atoms with Crippen molar-refractivity contribution in [3.63, 3.8) is 0 Å². The van der Waals surface area contributed by atoms with Gasteiger partial charge in [0, 0.05) is 6.54 Å². The lowest BCUT2D eigenvalue weighted by Gasteiger charge is -2.36. The van der Waals surface area contributed by atoms with Crippen LogP contribution in [0.4, 0.5) is 0 Å². The average molecular weight is 219 g/mol. The number of aliphatic hydroxyl groups excluding tert-OH is 1. The van der Waals surface area contributed by atoms with Crippen molar-refractivity contribution in [1.29, 1.82) is 0 Å². The van der Waals surface area contributed by atoms with Crippen molar-refractivity contribution in [2.24, 2.45) is 0 Å². The van der Waals surface area contributed by atoms with Crippen LogP contribution in [-0.4, -0.2) is 28.6 Å². The Hall–Kier alpha value is -1.35. The zero-order valence-electron chi connectivity index (χ0n) is 9.68. The first-order valence-electron chi connectivity index (χ1n) is 5.56. The lowest BCUT2D eigenvalue weighted by Crippen LogP contribution is -2.42. The first-order chi connectivity index (χ1) is 7.51. The Morgan fingerprint density at radius 3 is 2.44 bits per heavy atom. The predicted octanol–water partition coefficient (Wildman–Crippen LogP) is 1.51. The van der Waals surface area contributed by atoms with Crippen LogP contribution in [0.3, 0.4) is 0 Å². The molecule has 0 aromatic heterocycles.